The molecule has 0 N–H and O–H groups in total. The number of nitroso groups, excluding NO2 is 1. The van der Waals surface area contributed by atoms with E-state index >= 15 is 0 Å². The van der Waals surface area contributed by atoms with Gasteiger partial charge in [-0.3, -0.25) is 0 Å². The number of benzene rings is 1. The molecule has 0 spiro atoms. The normalized spacial score (nSPS) is 15.1. The van der Waals surface area contributed by atoms with Gasteiger partial charge < -0.3 is 4.74 Å². The summed E-state index contributed by atoms with van der Waals surface area (Å²) in [4.78, 5) is 14.4. The fourth-order valence-corrected chi connectivity index (χ4v) is 1.77. The number of aliphatic imine (C=N–C) groups is 1. The van der Waals surface area contributed by atoms with E-state index in [1.807, 2.05) is 31.2 Å². The molecule has 4 nitrogen and oxygen atoms in total. The first-order valence-corrected chi connectivity index (χ1v) is 6.56. The molecule has 0 atom stereocenters. The van der Waals surface area contributed by atoms with E-state index in [4.69, 9.17) is 4.74 Å². The molecule has 0 aliphatic heterocycles. The second-order valence-corrected chi connectivity index (χ2v) is 4.70. The maximum absolute atomic E-state index is 10.3. The standard InChI is InChI=1S/C15H18N2O2/c1-3-15(16-11(2)17-18)13-6-8-14(9-7-13)19-10-12-4-5-12/h6-9,12H,2-5,10H2,1H3. The van der Waals surface area contributed by atoms with Crippen molar-refractivity contribution in [1.29, 1.82) is 0 Å². The maximum Gasteiger partial charge on any atom is 0.189 e. The van der Waals surface area contributed by atoms with Gasteiger partial charge in [0, 0.05) is 5.71 Å². The molecule has 0 saturated heterocycles. The molecule has 1 aromatic rings. The van der Waals surface area contributed by atoms with E-state index in [1.54, 1.807) is 0 Å². The monoisotopic (exact) mass is 258 g/mol. The minimum atomic E-state index is 0.00547. The summed E-state index contributed by atoms with van der Waals surface area (Å²) in [5.74, 6) is 1.62. The van der Waals surface area contributed by atoms with Crippen molar-refractivity contribution < 1.29 is 4.74 Å². The minimum absolute atomic E-state index is 0.00547. The topological polar surface area (TPSA) is 51.0 Å². The van der Waals surface area contributed by atoms with E-state index in [1.165, 1.54) is 12.8 Å². The summed E-state index contributed by atoms with van der Waals surface area (Å²) in [6.07, 6.45) is 3.29. The van der Waals surface area contributed by atoms with Crippen LogP contribution in [-0.4, -0.2) is 12.3 Å². The van der Waals surface area contributed by atoms with Crippen molar-refractivity contribution in [2.75, 3.05) is 6.61 Å². The molecule has 4 heteroatoms. The van der Waals surface area contributed by atoms with Gasteiger partial charge in [-0.15, -0.1) is 4.91 Å². The summed E-state index contributed by atoms with van der Waals surface area (Å²) < 4.78 is 5.67. The second-order valence-electron chi connectivity index (χ2n) is 4.70. The highest BCUT2D eigenvalue weighted by Gasteiger charge is 2.21. The lowest BCUT2D eigenvalue weighted by molar-refractivity contribution is 0.300. The van der Waals surface area contributed by atoms with Gasteiger partial charge in [0.25, 0.3) is 0 Å². The molecule has 0 amide bonds. The van der Waals surface area contributed by atoms with E-state index in [2.05, 4.69) is 16.7 Å². The number of hydrogen-bond acceptors (Lipinski definition) is 4. The predicted molar refractivity (Wildman–Crippen MR) is 76.4 cm³/mol. The Morgan fingerprint density at radius 3 is 2.58 bits per heavy atom. The smallest absolute Gasteiger partial charge is 0.189 e. The van der Waals surface area contributed by atoms with Gasteiger partial charge in [0.2, 0.25) is 0 Å². The zero-order valence-electron chi connectivity index (χ0n) is 11.1. The van der Waals surface area contributed by atoms with Crippen LogP contribution < -0.4 is 4.74 Å². The van der Waals surface area contributed by atoms with E-state index in [0.29, 0.717) is 0 Å². The van der Waals surface area contributed by atoms with Crippen LogP contribution >= 0.6 is 0 Å². The summed E-state index contributed by atoms with van der Waals surface area (Å²) in [7, 11) is 0. The lowest BCUT2D eigenvalue weighted by Gasteiger charge is -2.07. The van der Waals surface area contributed by atoms with Crippen molar-refractivity contribution in [3.8, 4) is 5.75 Å². The highest BCUT2D eigenvalue weighted by molar-refractivity contribution is 6.01. The SMILES string of the molecule is C=C(N=O)N=C(CC)c1ccc(OCC2CC2)cc1. The van der Waals surface area contributed by atoms with Crippen LogP contribution in [0.15, 0.2) is 46.8 Å². The first kappa shape index (κ1) is 13.5. The molecule has 0 aromatic heterocycles. The summed E-state index contributed by atoms with van der Waals surface area (Å²) >= 11 is 0. The molecule has 1 aromatic carbocycles. The molecule has 0 radical (unpaired) electrons. The zero-order chi connectivity index (χ0) is 13.7. The summed E-state index contributed by atoms with van der Waals surface area (Å²) in [6.45, 7) is 6.25. The predicted octanol–water partition coefficient (Wildman–Crippen LogP) is 3.91. The van der Waals surface area contributed by atoms with E-state index in [0.717, 1.165) is 36.0 Å². The van der Waals surface area contributed by atoms with Crippen LogP contribution in [-0.2, 0) is 0 Å². The van der Waals surface area contributed by atoms with Crippen molar-refractivity contribution in [2.24, 2.45) is 16.1 Å². The van der Waals surface area contributed by atoms with Crippen LogP contribution in [0.2, 0.25) is 0 Å². The molecule has 0 unspecified atom stereocenters. The molecule has 100 valence electrons. The Balaban J connectivity index is 2.04. The van der Waals surface area contributed by atoms with Gasteiger partial charge in [-0.05, 0) is 60.2 Å². The molecule has 2 rings (SSSR count). The molecule has 1 saturated carbocycles. The Labute approximate surface area is 113 Å². The molecule has 1 aliphatic rings. The van der Waals surface area contributed by atoms with Gasteiger partial charge in [-0.1, -0.05) is 13.5 Å². The molecule has 0 heterocycles. The largest absolute Gasteiger partial charge is 0.493 e. The average Bonchev–Trinajstić information content (AvgIpc) is 3.27. The minimum Gasteiger partial charge on any atom is -0.493 e. The molecular formula is C15H18N2O2. The fraction of sp³-hybridized carbons (Fsp3) is 0.400. The average molecular weight is 258 g/mol. The van der Waals surface area contributed by atoms with Crippen LogP contribution in [0, 0.1) is 10.8 Å². The van der Waals surface area contributed by atoms with Gasteiger partial charge in [0.15, 0.2) is 5.82 Å². The first-order valence-electron chi connectivity index (χ1n) is 6.56. The molecule has 0 bridgehead atoms. The van der Waals surface area contributed by atoms with E-state index in [-0.39, 0.29) is 5.82 Å². The second kappa shape index (κ2) is 6.27. The molecule has 1 fully saturated rings. The molecular weight excluding hydrogens is 240 g/mol. The highest BCUT2D eigenvalue weighted by Crippen LogP contribution is 2.29. The Kier molecular flexibility index (Phi) is 4.44. The number of hydrogen-bond donors (Lipinski definition) is 0. The van der Waals surface area contributed by atoms with Gasteiger partial charge in [-0.2, -0.15) is 0 Å². The van der Waals surface area contributed by atoms with Crippen LogP contribution in [0.1, 0.15) is 31.7 Å². The third-order valence-electron chi connectivity index (χ3n) is 3.07. The number of rotatable bonds is 7. The van der Waals surface area contributed by atoms with E-state index in [9.17, 15) is 4.91 Å². The first-order chi connectivity index (χ1) is 9.22. The summed E-state index contributed by atoms with van der Waals surface area (Å²) in [6, 6.07) is 7.76. The number of ether oxygens (including phenoxy) is 1. The Morgan fingerprint density at radius 1 is 1.37 bits per heavy atom. The molecule has 19 heavy (non-hydrogen) atoms. The fourth-order valence-electron chi connectivity index (χ4n) is 1.77. The van der Waals surface area contributed by atoms with Crippen molar-refractivity contribution >= 4 is 5.71 Å². The Morgan fingerprint density at radius 2 is 2.05 bits per heavy atom. The van der Waals surface area contributed by atoms with Crippen LogP contribution in [0.5, 0.6) is 5.75 Å². The van der Waals surface area contributed by atoms with Crippen LogP contribution in [0.4, 0.5) is 0 Å². The van der Waals surface area contributed by atoms with Gasteiger partial charge in [-0.25, -0.2) is 4.99 Å². The quantitative estimate of drug-likeness (QED) is 0.550. The van der Waals surface area contributed by atoms with Crippen molar-refractivity contribution in [2.45, 2.75) is 26.2 Å². The van der Waals surface area contributed by atoms with E-state index < -0.39 is 0 Å². The van der Waals surface area contributed by atoms with Crippen molar-refractivity contribution in [3.63, 3.8) is 0 Å². The summed E-state index contributed by atoms with van der Waals surface area (Å²) in [5.41, 5.74) is 1.77. The Hall–Kier alpha value is -1.97. The lowest BCUT2D eigenvalue weighted by atomic mass is 10.1. The maximum atomic E-state index is 10.3. The third-order valence-corrected chi connectivity index (χ3v) is 3.07. The number of nitrogens with zero attached hydrogens (tertiary/aromatic N) is 2. The van der Waals surface area contributed by atoms with Gasteiger partial charge >= 0.3 is 0 Å². The van der Waals surface area contributed by atoms with Crippen LogP contribution in [0.3, 0.4) is 0 Å². The molecule has 1 aliphatic carbocycles. The van der Waals surface area contributed by atoms with Crippen molar-refractivity contribution in [3.05, 3.63) is 47.1 Å². The third kappa shape index (κ3) is 4.02. The van der Waals surface area contributed by atoms with Gasteiger partial charge in [0.05, 0.1) is 6.61 Å². The van der Waals surface area contributed by atoms with Crippen LogP contribution in [0.25, 0.3) is 0 Å². The van der Waals surface area contributed by atoms with Crippen molar-refractivity contribution in [1.82, 2.24) is 0 Å². The summed E-state index contributed by atoms with van der Waals surface area (Å²) in [5, 5.41) is 2.72. The lowest BCUT2D eigenvalue weighted by Crippen LogP contribution is -2.01. The Bertz CT molecular complexity index is 487. The van der Waals surface area contributed by atoms with Gasteiger partial charge in [0.1, 0.15) is 5.75 Å². The highest BCUT2D eigenvalue weighted by atomic mass is 16.5. The zero-order valence-corrected chi connectivity index (χ0v) is 11.1.